The maximum absolute atomic E-state index is 12.1. The molecule has 0 aliphatic carbocycles. The first kappa shape index (κ1) is 17.8. The number of nitrogens with zero attached hydrogens (tertiary/aromatic N) is 2. The maximum atomic E-state index is 12.1. The maximum Gasteiger partial charge on any atom is 0.335 e. The van der Waals surface area contributed by atoms with Crippen LogP contribution in [0.5, 0.6) is 0 Å². The lowest BCUT2D eigenvalue weighted by atomic mass is 10.1. The lowest BCUT2D eigenvalue weighted by molar-refractivity contribution is 0.0696. The van der Waals surface area contributed by atoms with Crippen molar-refractivity contribution in [3.05, 3.63) is 86.7 Å². The molecule has 3 rings (SSSR count). The van der Waals surface area contributed by atoms with E-state index in [0.717, 1.165) is 0 Å². The van der Waals surface area contributed by atoms with Crippen LogP contribution in [0.4, 0.5) is 0 Å². The van der Waals surface area contributed by atoms with Crippen LogP contribution >= 0.6 is 11.6 Å². The Morgan fingerprint density at radius 2 is 1.88 bits per heavy atom. The molecule has 1 heterocycles. The van der Waals surface area contributed by atoms with Gasteiger partial charge in [0.05, 0.1) is 29.4 Å². The minimum Gasteiger partial charge on any atom is -0.478 e. The number of aromatic nitrogens is 2. The van der Waals surface area contributed by atoms with Gasteiger partial charge in [-0.15, -0.1) is 0 Å². The number of rotatable bonds is 5. The van der Waals surface area contributed by atoms with E-state index in [1.165, 1.54) is 22.9 Å². The van der Waals surface area contributed by atoms with Crippen LogP contribution in [0.25, 0.3) is 11.3 Å². The minimum absolute atomic E-state index is 0.130. The molecule has 0 atom stereocenters. The van der Waals surface area contributed by atoms with Gasteiger partial charge in [0, 0.05) is 11.6 Å². The van der Waals surface area contributed by atoms with Crippen LogP contribution in [0.3, 0.4) is 0 Å². The number of halogens is 1. The fraction of sp³-hybridized carbons (Fsp3) is 0.105. The smallest absolute Gasteiger partial charge is 0.335 e. The van der Waals surface area contributed by atoms with Crippen molar-refractivity contribution in [2.45, 2.75) is 13.2 Å². The zero-order chi connectivity index (χ0) is 18.7. The third-order valence-electron chi connectivity index (χ3n) is 3.86. The molecule has 7 heteroatoms. The van der Waals surface area contributed by atoms with E-state index in [1.807, 2.05) is 0 Å². The van der Waals surface area contributed by atoms with Gasteiger partial charge in [0.1, 0.15) is 0 Å². The minimum atomic E-state index is -1.03. The zero-order valence-electron chi connectivity index (χ0n) is 13.6. The summed E-state index contributed by atoms with van der Waals surface area (Å²) in [6, 6.07) is 14.4. The Morgan fingerprint density at radius 3 is 2.62 bits per heavy atom. The topological polar surface area (TPSA) is 92.4 Å². The molecule has 0 saturated heterocycles. The van der Waals surface area contributed by atoms with Crippen LogP contribution in [0, 0.1) is 0 Å². The second kappa shape index (κ2) is 7.51. The number of hydrogen-bond donors (Lipinski definition) is 2. The Bertz CT molecular complexity index is 1030. The van der Waals surface area contributed by atoms with E-state index in [0.29, 0.717) is 27.4 Å². The summed E-state index contributed by atoms with van der Waals surface area (Å²) in [6.07, 6.45) is 0. The number of aromatic carboxylic acids is 1. The first-order valence-electron chi connectivity index (χ1n) is 7.78. The van der Waals surface area contributed by atoms with Gasteiger partial charge < -0.3 is 10.2 Å². The molecule has 2 aromatic carbocycles. The summed E-state index contributed by atoms with van der Waals surface area (Å²) in [5, 5.41) is 23.2. The van der Waals surface area contributed by atoms with Crippen LogP contribution in [-0.2, 0) is 13.2 Å². The predicted molar refractivity (Wildman–Crippen MR) is 97.4 cm³/mol. The number of aliphatic hydroxyl groups excluding tert-OH is 1. The number of carboxylic acids is 1. The summed E-state index contributed by atoms with van der Waals surface area (Å²) < 4.78 is 1.25. The molecule has 0 unspecified atom stereocenters. The van der Waals surface area contributed by atoms with Gasteiger partial charge in [-0.05, 0) is 41.5 Å². The third kappa shape index (κ3) is 3.82. The van der Waals surface area contributed by atoms with Crippen LogP contribution in [0.2, 0.25) is 5.02 Å². The Morgan fingerprint density at radius 1 is 1.08 bits per heavy atom. The second-order valence-corrected chi connectivity index (χ2v) is 6.10. The van der Waals surface area contributed by atoms with Crippen LogP contribution < -0.4 is 5.56 Å². The Hall–Kier alpha value is -2.96. The molecule has 26 heavy (non-hydrogen) atoms. The summed E-state index contributed by atoms with van der Waals surface area (Å²) >= 11 is 6.22. The Balaban J connectivity index is 2.00. The van der Waals surface area contributed by atoms with Gasteiger partial charge in [-0.2, -0.15) is 5.10 Å². The van der Waals surface area contributed by atoms with Gasteiger partial charge in [0.25, 0.3) is 5.56 Å². The summed E-state index contributed by atoms with van der Waals surface area (Å²) in [6.45, 7) is -0.00308. The monoisotopic (exact) mass is 370 g/mol. The third-order valence-corrected chi connectivity index (χ3v) is 4.19. The lowest BCUT2D eigenvalue weighted by Crippen LogP contribution is -2.23. The summed E-state index contributed by atoms with van der Waals surface area (Å²) in [5.74, 6) is -1.03. The molecule has 0 bridgehead atoms. The van der Waals surface area contributed by atoms with E-state index in [4.69, 9.17) is 16.7 Å². The highest BCUT2D eigenvalue weighted by Crippen LogP contribution is 2.27. The van der Waals surface area contributed by atoms with Gasteiger partial charge in [-0.3, -0.25) is 4.79 Å². The summed E-state index contributed by atoms with van der Waals surface area (Å²) in [4.78, 5) is 23.2. The molecular weight excluding hydrogens is 356 g/mol. The molecule has 0 spiro atoms. The fourth-order valence-electron chi connectivity index (χ4n) is 2.55. The van der Waals surface area contributed by atoms with Crippen molar-refractivity contribution in [1.29, 1.82) is 0 Å². The van der Waals surface area contributed by atoms with Crippen molar-refractivity contribution in [3.8, 4) is 11.3 Å². The number of carboxylic acid groups (broad SMARTS) is 1. The van der Waals surface area contributed by atoms with Gasteiger partial charge in [-0.1, -0.05) is 29.8 Å². The van der Waals surface area contributed by atoms with Crippen molar-refractivity contribution in [1.82, 2.24) is 9.78 Å². The molecule has 0 aliphatic heterocycles. The van der Waals surface area contributed by atoms with E-state index in [1.54, 1.807) is 36.4 Å². The van der Waals surface area contributed by atoms with Crippen molar-refractivity contribution in [2.75, 3.05) is 0 Å². The largest absolute Gasteiger partial charge is 0.478 e. The predicted octanol–water partition coefficient (Wildman–Crippen LogP) is 2.80. The molecule has 0 amide bonds. The van der Waals surface area contributed by atoms with Gasteiger partial charge in [0.15, 0.2) is 0 Å². The quantitative estimate of drug-likeness (QED) is 0.720. The molecule has 132 valence electrons. The highest BCUT2D eigenvalue weighted by atomic mass is 35.5. The zero-order valence-corrected chi connectivity index (χ0v) is 14.3. The molecule has 3 aromatic rings. The Kier molecular flexibility index (Phi) is 5.16. The highest BCUT2D eigenvalue weighted by molar-refractivity contribution is 6.33. The van der Waals surface area contributed by atoms with E-state index in [9.17, 15) is 14.7 Å². The number of carbonyl (C=O) groups is 1. The van der Waals surface area contributed by atoms with Crippen LogP contribution in [0.1, 0.15) is 21.5 Å². The molecule has 2 N–H and O–H groups in total. The first-order valence-corrected chi connectivity index (χ1v) is 8.16. The van der Waals surface area contributed by atoms with Crippen LogP contribution in [-0.4, -0.2) is 26.0 Å². The summed E-state index contributed by atoms with van der Waals surface area (Å²) in [7, 11) is 0. The van der Waals surface area contributed by atoms with E-state index < -0.39 is 5.97 Å². The van der Waals surface area contributed by atoms with Crippen LogP contribution in [0.15, 0.2) is 59.4 Å². The van der Waals surface area contributed by atoms with Gasteiger partial charge in [0.2, 0.25) is 0 Å². The van der Waals surface area contributed by atoms with E-state index in [-0.39, 0.29) is 24.3 Å². The normalized spacial score (nSPS) is 10.7. The average Bonchev–Trinajstić information content (AvgIpc) is 2.64. The molecule has 0 saturated carbocycles. The highest BCUT2D eigenvalue weighted by Gasteiger charge is 2.10. The molecule has 0 fully saturated rings. The van der Waals surface area contributed by atoms with Crippen molar-refractivity contribution >= 4 is 17.6 Å². The second-order valence-electron chi connectivity index (χ2n) is 5.69. The van der Waals surface area contributed by atoms with E-state index >= 15 is 0 Å². The van der Waals surface area contributed by atoms with Crippen molar-refractivity contribution in [2.24, 2.45) is 0 Å². The molecule has 0 aliphatic rings. The van der Waals surface area contributed by atoms with Crippen molar-refractivity contribution in [3.63, 3.8) is 0 Å². The molecule has 0 radical (unpaired) electrons. The summed E-state index contributed by atoms with van der Waals surface area (Å²) in [5.41, 5.74) is 2.24. The SMILES string of the molecule is O=C(O)c1cccc(Cn2nc(-c3cc(CO)ccc3Cl)ccc2=O)c1. The number of benzene rings is 2. The lowest BCUT2D eigenvalue weighted by Gasteiger charge is -2.10. The molecular formula is C19H15ClN2O4. The van der Waals surface area contributed by atoms with E-state index in [2.05, 4.69) is 5.10 Å². The van der Waals surface area contributed by atoms with Crippen molar-refractivity contribution < 1.29 is 15.0 Å². The average molecular weight is 371 g/mol. The molecule has 6 nitrogen and oxygen atoms in total. The first-order chi connectivity index (χ1) is 12.5. The fourth-order valence-corrected chi connectivity index (χ4v) is 2.76. The number of aliphatic hydroxyl groups is 1. The Labute approximate surface area is 153 Å². The number of hydrogen-bond acceptors (Lipinski definition) is 4. The van der Waals surface area contributed by atoms with Gasteiger partial charge in [-0.25, -0.2) is 9.48 Å². The van der Waals surface area contributed by atoms with Gasteiger partial charge >= 0.3 is 5.97 Å². The standard InChI is InChI=1S/C19H15ClN2O4/c20-16-5-4-13(11-23)9-15(16)17-6-7-18(24)22(21-17)10-12-2-1-3-14(8-12)19(25)26/h1-9,23H,10-11H2,(H,25,26). The molecule has 1 aromatic heterocycles.